The third kappa shape index (κ3) is 10.6. The second kappa shape index (κ2) is 22.3. The molecule has 0 saturated carbocycles. The molecule has 36 heavy (non-hydrogen) atoms. The van der Waals surface area contributed by atoms with Gasteiger partial charge in [0.25, 0.3) is 0 Å². The van der Waals surface area contributed by atoms with Crippen molar-refractivity contribution in [2.45, 2.75) is 128 Å². The summed E-state index contributed by atoms with van der Waals surface area (Å²) in [6, 6.07) is 8.83. The summed E-state index contributed by atoms with van der Waals surface area (Å²) in [5, 5.41) is 0. The zero-order chi connectivity index (χ0) is 28.1. The van der Waals surface area contributed by atoms with Crippen LogP contribution >= 0.6 is 0 Å². The van der Waals surface area contributed by atoms with Crippen molar-refractivity contribution in [3.63, 3.8) is 0 Å². The standard InChI is InChI=1S/C22H26O2.C4H10.4C2H6/c1-23-19-13-11-15-7-3-5-9-17(15)21(19)22-18-10-6-4-8-16(18)12-14-20(22)24-2;1-4(2)3;4*1-2/h11-14H,3-10H2,1-2H3;4H,1-3H3;4*1-2H3. The Hall–Kier alpha value is -1.96. The monoisotopic (exact) mass is 500 g/mol. The first-order valence-electron chi connectivity index (χ1n) is 14.9. The summed E-state index contributed by atoms with van der Waals surface area (Å²) in [7, 11) is 3.58. The van der Waals surface area contributed by atoms with E-state index in [1.54, 1.807) is 14.2 Å². The van der Waals surface area contributed by atoms with Gasteiger partial charge in [0.1, 0.15) is 11.5 Å². The van der Waals surface area contributed by atoms with Gasteiger partial charge in [0.15, 0.2) is 0 Å². The van der Waals surface area contributed by atoms with Crippen molar-refractivity contribution >= 4 is 0 Å². The number of fused-ring (bicyclic) bond motifs is 2. The predicted molar refractivity (Wildman–Crippen MR) is 164 cm³/mol. The van der Waals surface area contributed by atoms with Crippen molar-refractivity contribution in [3.8, 4) is 22.6 Å². The molecule has 0 unspecified atom stereocenters. The molecule has 0 saturated heterocycles. The normalized spacial score (nSPS) is 12.5. The zero-order valence-corrected chi connectivity index (χ0v) is 26.4. The van der Waals surface area contributed by atoms with Gasteiger partial charge in [-0.15, -0.1) is 0 Å². The van der Waals surface area contributed by atoms with Gasteiger partial charge in [-0.1, -0.05) is 88.3 Å². The molecule has 0 bridgehead atoms. The van der Waals surface area contributed by atoms with Crippen molar-refractivity contribution in [2.75, 3.05) is 14.2 Å². The van der Waals surface area contributed by atoms with Crippen molar-refractivity contribution in [1.29, 1.82) is 0 Å². The molecule has 2 aromatic rings. The van der Waals surface area contributed by atoms with Crippen LogP contribution in [0.15, 0.2) is 24.3 Å². The first-order chi connectivity index (χ1) is 17.6. The highest BCUT2D eigenvalue weighted by atomic mass is 16.5. The molecule has 0 N–H and O–H groups in total. The van der Waals surface area contributed by atoms with Crippen LogP contribution in [-0.4, -0.2) is 14.2 Å². The SMILES string of the molecule is CC.CC.CC.CC.CC(C)C.COc1ccc2c(c1-c1c(OC)ccc3c1CCCC3)CCCC2. The molecular weight excluding hydrogens is 440 g/mol. The van der Waals surface area contributed by atoms with Gasteiger partial charge in [0, 0.05) is 11.1 Å². The molecule has 0 atom stereocenters. The lowest BCUT2D eigenvalue weighted by Crippen LogP contribution is -2.10. The fourth-order valence-corrected chi connectivity index (χ4v) is 4.50. The van der Waals surface area contributed by atoms with Gasteiger partial charge in [-0.05, 0) is 91.7 Å². The molecule has 2 aromatic carbocycles. The largest absolute Gasteiger partial charge is 0.496 e. The maximum Gasteiger partial charge on any atom is 0.127 e. The maximum absolute atomic E-state index is 5.80. The highest BCUT2D eigenvalue weighted by Gasteiger charge is 2.25. The summed E-state index contributed by atoms with van der Waals surface area (Å²) in [6.45, 7) is 22.5. The van der Waals surface area contributed by atoms with Gasteiger partial charge in [-0.2, -0.15) is 0 Å². The molecule has 2 heteroatoms. The molecule has 0 spiro atoms. The fraction of sp³-hybridized carbons (Fsp3) is 0.647. The minimum Gasteiger partial charge on any atom is -0.496 e. The summed E-state index contributed by atoms with van der Waals surface area (Å²) < 4.78 is 11.6. The number of benzene rings is 2. The second-order valence-electron chi connectivity index (χ2n) is 8.71. The van der Waals surface area contributed by atoms with E-state index in [4.69, 9.17) is 9.47 Å². The molecule has 0 aromatic heterocycles. The Balaban J connectivity index is 0. The van der Waals surface area contributed by atoms with E-state index < -0.39 is 0 Å². The average molecular weight is 501 g/mol. The topological polar surface area (TPSA) is 18.5 Å². The van der Waals surface area contributed by atoms with Crippen molar-refractivity contribution in [1.82, 2.24) is 0 Å². The van der Waals surface area contributed by atoms with Gasteiger partial charge in [-0.25, -0.2) is 0 Å². The van der Waals surface area contributed by atoms with Crippen LogP contribution in [0.4, 0.5) is 0 Å². The predicted octanol–water partition coefficient (Wildman–Crippen LogP) is 10.9. The van der Waals surface area contributed by atoms with Crippen molar-refractivity contribution in [2.24, 2.45) is 5.92 Å². The Labute approximate surface area is 226 Å². The van der Waals surface area contributed by atoms with E-state index in [0.29, 0.717) is 0 Å². The van der Waals surface area contributed by atoms with Crippen LogP contribution in [0.2, 0.25) is 0 Å². The smallest absolute Gasteiger partial charge is 0.127 e. The minimum absolute atomic E-state index is 0.833. The van der Waals surface area contributed by atoms with Crippen LogP contribution in [0.5, 0.6) is 11.5 Å². The van der Waals surface area contributed by atoms with Crippen molar-refractivity contribution in [3.05, 3.63) is 46.5 Å². The van der Waals surface area contributed by atoms with Crippen LogP contribution in [-0.2, 0) is 25.7 Å². The third-order valence-electron chi connectivity index (χ3n) is 5.68. The van der Waals surface area contributed by atoms with Crippen molar-refractivity contribution < 1.29 is 9.47 Å². The minimum atomic E-state index is 0.833. The van der Waals surface area contributed by atoms with Gasteiger partial charge in [-0.3, -0.25) is 0 Å². The molecule has 4 rings (SSSR count). The van der Waals surface area contributed by atoms with Crippen LogP contribution < -0.4 is 9.47 Å². The third-order valence-corrected chi connectivity index (χ3v) is 5.68. The lowest BCUT2D eigenvalue weighted by atomic mass is 9.80. The molecule has 0 aliphatic heterocycles. The summed E-state index contributed by atoms with van der Waals surface area (Å²) in [5.41, 5.74) is 8.55. The van der Waals surface area contributed by atoms with Gasteiger partial charge >= 0.3 is 0 Å². The summed E-state index contributed by atoms with van der Waals surface area (Å²) in [5.74, 6) is 2.82. The number of hydrogen-bond acceptors (Lipinski definition) is 2. The van der Waals surface area contributed by atoms with E-state index >= 15 is 0 Å². The number of aryl methyl sites for hydroxylation is 2. The molecule has 0 heterocycles. The molecular formula is C34H60O2. The molecule has 208 valence electrons. The lowest BCUT2D eigenvalue weighted by Gasteiger charge is -2.27. The lowest BCUT2D eigenvalue weighted by molar-refractivity contribution is 0.408. The van der Waals surface area contributed by atoms with Crippen LogP contribution in [0.3, 0.4) is 0 Å². The van der Waals surface area contributed by atoms with Gasteiger partial charge in [0.05, 0.1) is 14.2 Å². The Morgan fingerprint density at radius 3 is 1.06 bits per heavy atom. The first-order valence-corrected chi connectivity index (χ1v) is 14.9. The Kier molecular flexibility index (Phi) is 22.4. The van der Waals surface area contributed by atoms with E-state index in [9.17, 15) is 0 Å². The molecule has 0 radical (unpaired) electrons. The van der Waals surface area contributed by atoms with Gasteiger partial charge < -0.3 is 9.47 Å². The van der Waals surface area contributed by atoms with E-state index in [-0.39, 0.29) is 0 Å². The summed E-state index contributed by atoms with van der Waals surface area (Å²) in [6.07, 6.45) is 9.79. The number of rotatable bonds is 3. The zero-order valence-electron chi connectivity index (χ0n) is 26.4. The molecule has 2 aliphatic carbocycles. The Morgan fingerprint density at radius 2 is 0.778 bits per heavy atom. The molecule has 0 amide bonds. The van der Waals surface area contributed by atoms with E-state index in [2.05, 4.69) is 45.0 Å². The fourth-order valence-electron chi connectivity index (χ4n) is 4.50. The van der Waals surface area contributed by atoms with Crippen LogP contribution in [0.1, 0.15) is 124 Å². The highest BCUT2D eigenvalue weighted by molar-refractivity contribution is 5.83. The Bertz CT molecular complexity index is 737. The molecule has 2 nitrogen and oxygen atoms in total. The molecule has 0 fully saturated rings. The molecule has 2 aliphatic rings. The van der Waals surface area contributed by atoms with E-state index in [0.717, 1.165) is 30.3 Å². The number of methoxy groups -OCH3 is 2. The number of hydrogen-bond donors (Lipinski definition) is 0. The second-order valence-corrected chi connectivity index (χ2v) is 8.71. The first kappa shape index (κ1) is 36.2. The maximum atomic E-state index is 5.80. The summed E-state index contributed by atoms with van der Waals surface area (Å²) in [4.78, 5) is 0. The highest BCUT2D eigenvalue weighted by Crippen LogP contribution is 2.46. The Morgan fingerprint density at radius 1 is 0.500 bits per heavy atom. The number of ether oxygens (including phenoxy) is 2. The van der Waals surface area contributed by atoms with Gasteiger partial charge in [0.2, 0.25) is 0 Å². The van der Waals surface area contributed by atoms with E-state index in [1.807, 2.05) is 55.4 Å². The quantitative estimate of drug-likeness (QED) is 0.417. The average Bonchev–Trinajstić information content (AvgIpc) is 2.96. The summed E-state index contributed by atoms with van der Waals surface area (Å²) >= 11 is 0. The van der Waals surface area contributed by atoms with Crippen LogP contribution in [0.25, 0.3) is 11.1 Å². The van der Waals surface area contributed by atoms with E-state index in [1.165, 1.54) is 71.9 Å². The van der Waals surface area contributed by atoms with Crippen LogP contribution in [0, 0.1) is 5.92 Å².